The number of rotatable bonds is 3. The molecule has 6 nitrogen and oxygen atoms in total. The van der Waals surface area contributed by atoms with Gasteiger partial charge in [-0.2, -0.15) is 0 Å². The molecule has 8 heteroatoms. The van der Waals surface area contributed by atoms with Gasteiger partial charge in [0.25, 0.3) is 0 Å². The first-order valence-corrected chi connectivity index (χ1v) is 11.3. The van der Waals surface area contributed by atoms with Crippen LogP contribution >= 0.6 is 11.3 Å². The molecule has 3 atom stereocenters. The topological polar surface area (TPSA) is 91.7 Å². The number of thiol groups is 1. The number of carbonyl (C=O) groups excluding carboxylic acids is 1. The highest BCUT2D eigenvalue weighted by Crippen LogP contribution is 2.41. The van der Waals surface area contributed by atoms with E-state index in [2.05, 4.69) is 16.6 Å². The van der Waals surface area contributed by atoms with E-state index in [1.807, 2.05) is 0 Å². The molecule has 0 aromatic carbocycles. The molecule has 0 fully saturated rings. The van der Waals surface area contributed by atoms with Gasteiger partial charge in [-0.25, -0.2) is 9.00 Å². The molecule has 2 aliphatic carbocycles. The van der Waals surface area contributed by atoms with Gasteiger partial charge in [-0.15, -0.1) is 15.7 Å². The number of nitrogens with zero attached hydrogens (tertiary/aromatic N) is 2. The molecule has 2 aliphatic rings. The fourth-order valence-corrected chi connectivity index (χ4v) is 5.82. The van der Waals surface area contributed by atoms with Crippen molar-refractivity contribution in [3.05, 3.63) is 39.5 Å². The molecule has 2 aromatic rings. The number of amides is 2. The lowest BCUT2D eigenvalue weighted by Crippen LogP contribution is -2.12. The molecule has 144 valence electrons. The average molecular weight is 406 g/mol. The Hall–Kier alpha value is -1.77. The lowest BCUT2D eigenvalue weighted by Gasteiger charge is -2.14. The van der Waals surface area contributed by atoms with E-state index in [1.54, 1.807) is 18.4 Å². The standard InChI is InChI=1S/C19H23N3O3S2/c1-10-6-7-14-17(10)20-15-5-3-4-13(15)18(14)21-19(24)22-27(25)16-8-12(9-26-16)11(2)23/h8-11,23,27H,3-7H2,1-2H3,(H,20,21,24)/t10-,11-/m1/s1. The summed E-state index contributed by atoms with van der Waals surface area (Å²) in [5.41, 5.74) is 5.96. The van der Waals surface area contributed by atoms with E-state index in [4.69, 9.17) is 4.98 Å². The van der Waals surface area contributed by atoms with Crippen LogP contribution in [0.5, 0.6) is 0 Å². The van der Waals surface area contributed by atoms with Crippen molar-refractivity contribution in [1.29, 1.82) is 0 Å². The molecule has 0 saturated carbocycles. The van der Waals surface area contributed by atoms with Crippen LogP contribution in [0.15, 0.2) is 20.0 Å². The lowest BCUT2D eigenvalue weighted by atomic mass is 10.0. The first kappa shape index (κ1) is 18.6. The smallest absolute Gasteiger partial charge is 0.353 e. The minimum absolute atomic E-state index is 0.403. The number of carbonyl (C=O) groups is 1. The number of aryl methyl sites for hydroxylation is 1. The number of nitrogens with one attached hydrogen (secondary N) is 1. The van der Waals surface area contributed by atoms with Crippen molar-refractivity contribution < 1.29 is 14.1 Å². The fraction of sp³-hybridized carbons (Fsp3) is 0.474. The Labute approximate surface area is 164 Å². The zero-order chi connectivity index (χ0) is 19.1. The van der Waals surface area contributed by atoms with E-state index >= 15 is 0 Å². The van der Waals surface area contributed by atoms with Crippen LogP contribution in [0.3, 0.4) is 0 Å². The molecule has 0 bridgehead atoms. The largest absolute Gasteiger partial charge is 0.389 e. The van der Waals surface area contributed by atoms with Gasteiger partial charge in [-0.1, -0.05) is 6.92 Å². The molecule has 27 heavy (non-hydrogen) atoms. The van der Waals surface area contributed by atoms with Crippen LogP contribution in [0, 0.1) is 0 Å². The highest BCUT2D eigenvalue weighted by molar-refractivity contribution is 7.78. The Morgan fingerprint density at radius 3 is 2.96 bits per heavy atom. The zero-order valence-corrected chi connectivity index (χ0v) is 17.1. The third-order valence-corrected chi connectivity index (χ3v) is 7.75. The Kier molecular flexibility index (Phi) is 5.05. The van der Waals surface area contributed by atoms with Gasteiger partial charge < -0.3 is 10.4 Å². The van der Waals surface area contributed by atoms with Crippen molar-refractivity contribution in [3.63, 3.8) is 0 Å². The van der Waals surface area contributed by atoms with Gasteiger partial charge in [0.1, 0.15) is 0 Å². The van der Waals surface area contributed by atoms with Crippen molar-refractivity contribution in [2.45, 2.75) is 62.2 Å². The van der Waals surface area contributed by atoms with Crippen LogP contribution in [-0.4, -0.2) is 20.3 Å². The van der Waals surface area contributed by atoms with E-state index in [9.17, 15) is 14.1 Å². The highest BCUT2D eigenvalue weighted by atomic mass is 32.2. The molecule has 2 N–H and O–H groups in total. The Morgan fingerprint density at radius 2 is 2.22 bits per heavy atom. The fourth-order valence-electron chi connectivity index (χ4n) is 3.87. The minimum atomic E-state index is -2.18. The van der Waals surface area contributed by atoms with Gasteiger partial charge in [0.05, 0.1) is 26.6 Å². The maximum Gasteiger partial charge on any atom is 0.353 e. The summed E-state index contributed by atoms with van der Waals surface area (Å²) in [6, 6.07) is 1.07. The van der Waals surface area contributed by atoms with E-state index in [0.717, 1.165) is 60.3 Å². The maximum absolute atomic E-state index is 12.5. The van der Waals surface area contributed by atoms with Crippen molar-refractivity contribution >= 4 is 33.7 Å². The minimum Gasteiger partial charge on any atom is -0.389 e. The second kappa shape index (κ2) is 7.33. The Bertz CT molecular complexity index is 990. The summed E-state index contributed by atoms with van der Waals surface area (Å²) in [5.74, 6) is 0.403. The predicted molar refractivity (Wildman–Crippen MR) is 107 cm³/mol. The summed E-state index contributed by atoms with van der Waals surface area (Å²) in [4.78, 5) is 17.3. The first-order valence-electron chi connectivity index (χ1n) is 9.25. The van der Waals surface area contributed by atoms with Crippen LogP contribution in [0.4, 0.5) is 10.5 Å². The monoisotopic (exact) mass is 405 g/mol. The average Bonchev–Trinajstić information content (AvgIpc) is 3.34. The second-order valence-corrected chi connectivity index (χ2v) is 9.71. The van der Waals surface area contributed by atoms with Gasteiger partial charge in [-0.3, -0.25) is 4.98 Å². The third-order valence-electron chi connectivity index (χ3n) is 5.34. The third kappa shape index (κ3) is 3.53. The number of hydrogen-bond donors (Lipinski definition) is 3. The van der Waals surface area contributed by atoms with Crippen molar-refractivity contribution in [3.8, 4) is 0 Å². The van der Waals surface area contributed by atoms with Gasteiger partial charge in [-0.05, 0) is 73.1 Å². The number of aliphatic hydroxyl groups excluding tert-OH is 1. The highest BCUT2D eigenvalue weighted by Gasteiger charge is 2.29. The maximum atomic E-state index is 12.5. The summed E-state index contributed by atoms with van der Waals surface area (Å²) in [6.45, 7) is 3.82. The summed E-state index contributed by atoms with van der Waals surface area (Å²) in [6.07, 6.45) is 4.22. The molecule has 0 aliphatic heterocycles. The molecule has 2 aromatic heterocycles. The Morgan fingerprint density at radius 1 is 1.41 bits per heavy atom. The van der Waals surface area contributed by atoms with Crippen molar-refractivity contribution in [1.82, 2.24) is 4.98 Å². The molecule has 1 unspecified atom stereocenters. The summed E-state index contributed by atoms with van der Waals surface area (Å²) >= 11 is 1.25. The molecule has 0 radical (unpaired) electrons. The SMILES string of the molecule is C[C@@H]1CCc2c1nc1c(c2NC(=O)/N=[SH](=O)/c2cc([C@@H](C)O)cs2)CCC1. The molecule has 0 spiro atoms. The van der Waals surface area contributed by atoms with E-state index in [-0.39, 0.29) is 0 Å². The number of pyridine rings is 1. The van der Waals surface area contributed by atoms with Crippen molar-refractivity contribution in [2.75, 3.05) is 5.32 Å². The van der Waals surface area contributed by atoms with Gasteiger partial charge in [0.2, 0.25) is 0 Å². The molecule has 2 heterocycles. The summed E-state index contributed by atoms with van der Waals surface area (Å²) in [5, 5.41) is 14.3. The summed E-state index contributed by atoms with van der Waals surface area (Å²) < 4.78 is 16.8. The van der Waals surface area contributed by atoms with E-state index < -0.39 is 22.7 Å². The number of aliphatic hydroxyl groups is 1. The van der Waals surface area contributed by atoms with Gasteiger partial charge in [0, 0.05) is 11.4 Å². The first-order chi connectivity index (χ1) is 12.9. The number of urea groups is 1. The molecular weight excluding hydrogens is 382 g/mol. The van der Waals surface area contributed by atoms with Crippen LogP contribution in [0.2, 0.25) is 0 Å². The molecule has 2 amide bonds. The van der Waals surface area contributed by atoms with E-state index in [1.165, 1.54) is 11.3 Å². The van der Waals surface area contributed by atoms with Crippen molar-refractivity contribution in [2.24, 2.45) is 4.36 Å². The Balaban J connectivity index is 1.62. The predicted octanol–water partition coefficient (Wildman–Crippen LogP) is 3.99. The van der Waals surface area contributed by atoms with Crippen LogP contribution in [0.1, 0.15) is 66.8 Å². The normalized spacial score (nSPS) is 20.3. The lowest BCUT2D eigenvalue weighted by molar-refractivity contribution is 0.199. The number of fused-ring (bicyclic) bond motifs is 2. The zero-order valence-electron chi connectivity index (χ0n) is 15.4. The number of hydrogen-bond acceptors (Lipinski definition) is 5. The molecule has 4 rings (SSSR count). The van der Waals surface area contributed by atoms with Gasteiger partial charge >= 0.3 is 6.03 Å². The number of thiophene rings is 1. The second-order valence-electron chi connectivity index (χ2n) is 7.27. The summed E-state index contributed by atoms with van der Waals surface area (Å²) in [7, 11) is -2.18. The molecular formula is C19H23N3O3S2. The molecule has 0 saturated heterocycles. The van der Waals surface area contributed by atoms with Crippen LogP contribution in [-0.2, 0) is 29.9 Å². The number of aromatic nitrogens is 1. The quantitative estimate of drug-likeness (QED) is 0.673. The van der Waals surface area contributed by atoms with Crippen LogP contribution in [0.25, 0.3) is 0 Å². The van der Waals surface area contributed by atoms with E-state index in [0.29, 0.717) is 15.7 Å². The number of anilines is 1. The van der Waals surface area contributed by atoms with Crippen LogP contribution < -0.4 is 5.32 Å². The van der Waals surface area contributed by atoms with Gasteiger partial charge in [0.15, 0.2) is 0 Å².